The molecule has 7 nitrogen and oxygen atoms in total. The molecular formula is C16H19N5O2S. The summed E-state index contributed by atoms with van der Waals surface area (Å²) in [5.74, 6) is 1.14. The second kappa shape index (κ2) is 6.34. The smallest absolute Gasteiger partial charge is 0.245 e. The molecule has 1 atom stereocenters. The van der Waals surface area contributed by atoms with E-state index in [2.05, 4.69) is 15.2 Å². The summed E-state index contributed by atoms with van der Waals surface area (Å²) in [6.45, 7) is 3.93. The summed E-state index contributed by atoms with van der Waals surface area (Å²) in [4.78, 5) is 4.37. The minimum Gasteiger partial charge on any atom is -0.263 e. The van der Waals surface area contributed by atoms with Crippen LogP contribution < -0.4 is 0 Å². The molecule has 24 heavy (non-hydrogen) atoms. The van der Waals surface area contributed by atoms with Crippen LogP contribution in [0, 0.1) is 25.2 Å². The fourth-order valence-electron chi connectivity index (χ4n) is 3.09. The number of piperidine rings is 1. The Morgan fingerprint density at radius 1 is 1.33 bits per heavy atom. The van der Waals surface area contributed by atoms with Gasteiger partial charge < -0.3 is 0 Å². The van der Waals surface area contributed by atoms with Gasteiger partial charge in [-0.25, -0.2) is 13.4 Å². The Balaban J connectivity index is 2.08. The van der Waals surface area contributed by atoms with Crippen LogP contribution in [0.2, 0.25) is 0 Å². The molecule has 0 bridgehead atoms. The van der Waals surface area contributed by atoms with E-state index in [1.807, 2.05) is 6.07 Å². The number of aromatic nitrogens is 3. The van der Waals surface area contributed by atoms with Gasteiger partial charge in [-0.3, -0.25) is 5.10 Å². The molecule has 0 radical (unpaired) electrons. The summed E-state index contributed by atoms with van der Waals surface area (Å²) in [7, 11) is -3.80. The first kappa shape index (κ1) is 16.6. The van der Waals surface area contributed by atoms with Crippen LogP contribution in [0.3, 0.4) is 0 Å². The highest BCUT2D eigenvalue weighted by Gasteiger charge is 2.37. The maximum absolute atomic E-state index is 13.2. The molecule has 1 saturated heterocycles. The zero-order chi connectivity index (χ0) is 17.3. The van der Waals surface area contributed by atoms with Crippen molar-refractivity contribution in [3.8, 4) is 6.07 Å². The Morgan fingerprint density at radius 2 is 2.12 bits per heavy atom. The predicted octanol–water partition coefficient (Wildman–Crippen LogP) is 2.21. The van der Waals surface area contributed by atoms with E-state index < -0.39 is 16.1 Å². The van der Waals surface area contributed by atoms with Crippen LogP contribution >= 0.6 is 0 Å². The summed E-state index contributed by atoms with van der Waals surface area (Å²) in [6.07, 6.45) is 2.38. The van der Waals surface area contributed by atoms with Crippen LogP contribution in [0.1, 0.15) is 48.1 Å². The number of nitrogens with zero attached hydrogens (tertiary/aromatic N) is 4. The Kier molecular flexibility index (Phi) is 4.39. The zero-order valence-corrected chi connectivity index (χ0v) is 14.5. The quantitative estimate of drug-likeness (QED) is 0.918. The Bertz CT molecular complexity index is 897. The van der Waals surface area contributed by atoms with Crippen LogP contribution in [0.15, 0.2) is 23.1 Å². The number of hydrogen-bond acceptors (Lipinski definition) is 5. The average molecular weight is 345 g/mol. The number of benzene rings is 1. The van der Waals surface area contributed by atoms with Crippen molar-refractivity contribution >= 4 is 10.0 Å². The molecule has 0 saturated carbocycles. The summed E-state index contributed by atoms with van der Waals surface area (Å²) in [5.41, 5.74) is 0.855. The normalized spacial score (nSPS) is 19.1. The predicted molar refractivity (Wildman–Crippen MR) is 87.5 cm³/mol. The van der Waals surface area contributed by atoms with Crippen LogP contribution in [0.4, 0.5) is 0 Å². The highest BCUT2D eigenvalue weighted by molar-refractivity contribution is 7.89. The van der Waals surface area contributed by atoms with E-state index in [4.69, 9.17) is 0 Å². The molecule has 3 rings (SSSR count). The molecule has 2 aromatic rings. The molecule has 1 aromatic carbocycles. The largest absolute Gasteiger partial charge is 0.263 e. The molecular weight excluding hydrogens is 326 g/mol. The van der Waals surface area contributed by atoms with Gasteiger partial charge in [-0.2, -0.15) is 14.7 Å². The summed E-state index contributed by atoms with van der Waals surface area (Å²) < 4.78 is 27.9. The minimum absolute atomic E-state index is 0.0594. The fourth-order valence-corrected chi connectivity index (χ4v) is 4.96. The van der Waals surface area contributed by atoms with E-state index in [0.29, 0.717) is 30.2 Å². The van der Waals surface area contributed by atoms with E-state index in [0.717, 1.165) is 12.8 Å². The highest BCUT2D eigenvalue weighted by atomic mass is 32.2. The molecule has 1 aromatic heterocycles. The fraction of sp³-hybridized carbons (Fsp3) is 0.438. The Hall–Kier alpha value is -2.24. The number of nitriles is 1. The lowest BCUT2D eigenvalue weighted by Gasteiger charge is -2.33. The number of sulfonamides is 1. The van der Waals surface area contributed by atoms with Crippen molar-refractivity contribution in [2.45, 2.75) is 44.0 Å². The summed E-state index contributed by atoms with van der Waals surface area (Å²) in [6, 6.07) is 6.52. The zero-order valence-electron chi connectivity index (χ0n) is 13.7. The molecule has 0 amide bonds. The standard InChI is InChI=1S/C16H19N5O2S/c1-11-6-5-8-15(13(11)10-17)24(22,23)21-9-4-3-7-14(21)16-18-12(2)19-20-16/h5-6,8,14H,3-4,7,9H2,1-2H3,(H,18,19,20). The van der Waals surface area contributed by atoms with Gasteiger partial charge in [0.25, 0.3) is 0 Å². The third-order valence-corrected chi connectivity index (χ3v) is 6.25. The van der Waals surface area contributed by atoms with E-state index in [1.165, 1.54) is 10.4 Å². The van der Waals surface area contributed by atoms with Crippen LogP contribution in [0.5, 0.6) is 0 Å². The number of nitrogens with one attached hydrogen (secondary N) is 1. The molecule has 1 unspecified atom stereocenters. The topological polar surface area (TPSA) is 103 Å². The van der Waals surface area contributed by atoms with E-state index in [9.17, 15) is 13.7 Å². The molecule has 1 aliphatic rings. The molecule has 1 N–H and O–H groups in total. The maximum atomic E-state index is 13.2. The molecule has 2 heterocycles. The van der Waals surface area contributed by atoms with Crippen LogP contribution in [-0.2, 0) is 10.0 Å². The van der Waals surface area contributed by atoms with Crippen LogP contribution in [0.25, 0.3) is 0 Å². The molecule has 1 fully saturated rings. The third-order valence-electron chi connectivity index (χ3n) is 4.30. The summed E-state index contributed by atoms with van der Waals surface area (Å²) in [5, 5.41) is 16.3. The van der Waals surface area contributed by atoms with Gasteiger partial charge in [0.15, 0.2) is 5.82 Å². The molecule has 8 heteroatoms. The van der Waals surface area contributed by atoms with Crippen molar-refractivity contribution in [1.82, 2.24) is 19.5 Å². The van der Waals surface area contributed by atoms with Crippen molar-refractivity contribution in [1.29, 1.82) is 5.26 Å². The second-order valence-corrected chi connectivity index (χ2v) is 7.83. The van der Waals surface area contributed by atoms with Gasteiger partial charge in [0.05, 0.1) is 11.6 Å². The summed E-state index contributed by atoms with van der Waals surface area (Å²) >= 11 is 0. The van der Waals surface area contributed by atoms with Crippen molar-refractivity contribution < 1.29 is 8.42 Å². The van der Waals surface area contributed by atoms with E-state index in [1.54, 1.807) is 26.0 Å². The van der Waals surface area contributed by atoms with Gasteiger partial charge in [0.1, 0.15) is 16.8 Å². The van der Waals surface area contributed by atoms with Gasteiger partial charge >= 0.3 is 0 Å². The molecule has 126 valence electrons. The number of aromatic amines is 1. The lowest BCUT2D eigenvalue weighted by molar-refractivity contribution is 0.247. The lowest BCUT2D eigenvalue weighted by atomic mass is 10.0. The number of rotatable bonds is 3. The third kappa shape index (κ3) is 2.81. The number of hydrogen-bond donors (Lipinski definition) is 1. The van der Waals surface area contributed by atoms with Crippen LogP contribution in [-0.4, -0.2) is 34.4 Å². The van der Waals surface area contributed by atoms with Crippen molar-refractivity contribution in [3.05, 3.63) is 41.0 Å². The van der Waals surface area contributed by atoms with E-state index >= 15 is 0 Å². The lowest BCUT2D eigenvalue weighted by Crippen LogP contribution is -2.39. The SMILES string of the molecule is Cc1nc(C2CCCCN2S(=O)(=O)c2cccc(C)c2C#N)n[nH]1. The molecule has 0 spiro atoms. The first-order valence-electron chi connectivity index (χ1n) is 7.85. The highest BCUT2D eigenvalue weighted by Crippen LogP contribution is 2.35. The average Bonchev–Trinajstić information content (AvgIpc) is 3.01. The van der Waals surface area contributed by atoms with Crippen molar-refractivity contribution in [2.24, 2.45) is 0 Å². The molecule has 1 aliphatic heterocycles. The molecule has 0 aliphatic carbocycles. The first-order valence-corrected chi connectivity index (χ1v) is 9.29. The van der Waals surface area contributed by atoms with Crippen molar-refractivity contribution in [2.75, 3.05) is 6.54 Å². The van der Waals surface area contributed by atoms with Crippen molar-refractivity contribution in [3.63, 3.8) is 0 Å². The Morgan fingerprint density at radius 3 is 2.79 bits per heavy atom. The van der Waals surface area contributed by atoms with E-state index in [-0.39, 0.29) is 10.5 Å². The van der Waals surface area contributed by atoms with Gasteiger partial charge in [0, 0.05) is 6.54 Å². The Labute approximate surface area is 141 Å². The number of H-pyrrole nitrogens is 1. The minimum atomic E-state index is -3.80. The monoisotopic (exact) mass is 345 g/mol. The van der Waals surface area contributed by atoms with Gasteiger partial charge in [0.2, 0.25) is 10.0 Å². The first-order chi connectivity index (χ1) is 11.4. The van der Waals surface area contributed by atoms with Gasteiger partial charge in [-0.1, -0.05) is 18.6 Å². The number of aryl methyl sites for hydroxylation is 2. The van der Waals surface area contributed by atoms with Gasteiger partial charge in [-0.15, -0.1) is 0 Å². The maximum Gasteiger partial charge on any atom is 0.245 e. The second-order valence-electron chi connectivity index (χ2n) is 5.97. The van der Waals surface area contributed by atoms with Gasteiger partial charge in [-0.05, 0) is 38.3 Å².